The summed E-state index contributed by atoms with van der Waals surface area (Å²) < 4.78 is 11.0. The largest absolute Gasteiger partial charge is 0.494 e. The molecule has 0 bridgehead atoms. The minimum Gasteiger partial charge on any atom is -0.494 e. The second-order valence-corrected chi connectivity index (χ2v) is 9.52. The van der Waals surface area contributed by atoms with E-state index in [1.165, 1.54) is 19.3 Å². The van der Waals surface area contributed by atoms with Gasteiger partial charge in [0.05, 0.1) is 18.9 Å². The Morgan fingerprint density at radius 3 is 2.68 bits per heavy atom. The number of urea groups is 1. The number of rotatable bonds is 11. The molecule has 0 spiro atoms. The number of nitrogens with one attached hydrogen (secondary N) is 2. The quantitative estimate of drug-likeness (QED) is 0.343. The average molecular weight is 516 g/mol. The molecule has 1 saturated carbocycles. The smallest absolute Gasteiger partial charge is 0.325 e. The molecule has 1 aromatic rings. The first-order chi connectivity index (χ1) is 17.9. The molecule has 0 atom stereocenters. The lowest BCUT2D eigenvalue weighted by Crippen LogP contribution is -2.50. The van der Waals surface area contributed by atoms with Crippen LogP contribution in [-0.4, -0.2) is 73.1 Å². The van der Waals surface area contributed by atoms with Crippen LogP contribution in [0, 0.1) is 0 Å². The maximum absolute atomic E-state index is 12.6. The number of amides is 3. The van der Waals surface area contributed by atoms with E-state index in [2.05, 4.69) is 15.6 Å². The van der Waals surface area contributed by atoms with E-state index < -0.39 is 5.97 Å². The van der Waals surface area contributed by atoms with Gasteiger partial charge in [-0.15, -0.1) is 0 Å². The van der Waals surface area contributed by atoms with E-state index in [1.54, 1.807) is 11.8 Å². The SMILES string of the molecule is CCCNC(=O)NC1=Nc2ccc(OCCCC(=O)N(C)C3CCCCC3)cc2CN1CC(=O)OCC. The van der Waals surface area contributed by atoms with Gasteiger partial charge >= 0.3 is 12.0 Å². The zero-order valence-electron chi connectivity index (χ0n) is 22.4. The number of aliphatic imine (C=N–C) groups is 1. The monoisotopic (exact) mass is 515 g/mol. The van der Waals surface area contributed by atoms with E-state index in [4.69, 9.17) is 9.47 Å². The summed E-state index contributed by atoms with van der Waals surface area (Å²) in [5.41, 5.74) is 1.57. The highest BCUT2D eigenvalue weighted by Crippen LogP contribution is 2.30. The van der Waals surface area contributed by atoms with Crippen molar-refractivity contribution in [1.29, 1.82) is 0 Å². The molecule has 10 nitrogen and oxygen atoms in total. The molecule has 3 rings (SSSR count). The molecule has 204 valence electrons. The molecule has 0 unspecified atom stereocenters. The van der Waals surface area contributed by atoms with E-state index in [9.17, 15) is 14.4 Å². The number of carbonyl (C=O) groups is 3. The van der Waals surface area contributed by atoms with Crippen LogP contribution in [0.2, 0.25) is 0 Å². The van der Waals surface area contributed by atoms with Crippen molar-refractivity contribution >= 4 is 29.6 Å². The fraction of sp³-hybridized carbons (Fsp3) is 0.630. The number of guanidine groups is 1. The van der Waals surface area contributed by atoms with Gasteiger partial charge in [0.15, 0.2) is 0 Å². The van der Waals surface area contributed by atoms with E-state index in [-0.39, 0.29) is 25.1 Å². The number of ether oxygens (including phenoxy) is 2. The number of hydrogen-bond donors (Lipinski definition) is 2. The van der Waals surface area contributed by atoms with Gasteiger partial charge in [0.1, 0.15) is 12.3 Å². The van der Waals surface area contributed by atoms with Gasteiger partial charge in [-0.25, -0.2) is 9.79 Å². The molecule has 1 aliphatic carbocycles. The van der Waals surface area contributed by atoms with Crippen molar-refractivity contribution < 1.29 is 23.9 Å². The second kappa shape index (κ2) is 14.4. The summed E-state index contributed by atoms with van der Waals surface area (Å²) >= 11 is 0. The van der Waals surface area contributed by atoms with Crippen LogP contribution in [0.5, 0.6) is 5.75 Å². The first kappa shape index (κ1) is 28.3. The van der Waals surface area contributed by atoms with Gasteiger partial charge in [0.25, 0.3) is 0 Å². The number of hydrogen-bond acceptors (Lipinski definition) is 7. The molecule has 0 saturated heterocycles. The third-order valence-electron chi connectivity index (χ3n) is 6.64. The fourth-order valence-corrected chi connectivity index (χ4v) is 4.60. The summed E-state index contributed by atoms with van der Waals surface area (Å²) in [5.74, 6) is 0.746. The highest BCUT2D eigenvalue weighted by molar-refractivity contribution is 5.99. The molecule has 1 fully saturated rings. The third kappa shape index (κ3) is 8.65. The molecule has 0 aromatic heterocycles. The number of benzene rings is 1. The lowest BCUT2D eigenvalue weighted by Gasteiger charge is -2.31. The predicted octanol–water partition coefficient (Wildman–Crippen LogP) is 3.71. The predicted molar refractivity (Wildman–Crippen MR) is 142 cm³/mol. The molecule has 37 heavy (non-hydrogen) atoms. The third-order valence-corrected chi connectivity index (χ3v) is 6.64. The Kier molecular flexibility index (Phi) is 11.0. The molecular weight excluding hydrogens is 474 g/mol. The zero-order valence-corrected chi connectivity index (χ0v) is 22.4. The van der Waals surface area contributed by atoms with Crippen LogP contribution >= 0.6 is 0 Å². The first-order valence-electron chi connectivity index (χ1n) is 13.5. The summed E-state index contributed by atoms with van der Waals surface area (Å²) in [6, 6.07) is 5.55. The van der Waals surface area contributed by atoms with Crippen LogP contribution in [0.25, 0.3) is 0 Å². The first-order valence-corrected chi connectivity index (χ1v) is 13.5. The molecule has 1 heterocycles. The average Bonchev–Trinajstić information content (AvgIpc) is 2.90. The number of nitrogens with zero attached hydrogens (tertiary/aromatic N) is 3. The Labute approximate surface area is 219 Å². The van der Waals surface area contributed by atoms with E-state index in [0.29, 0.717) is 56.0 Å². The molecule has 3 amide bonds. The number of carbonyl (C=O) groups excluding carboxylic acids is 3. The van der Waals surface area contributed by atoms with Crippen molar-refractivity contribution in [2.75, 3.05) is 33.4 Å². The molecule has 2 aliphatic rings. The summed E-state index contributed by atoms with van der Waals surface area (Å²) in [7, 11) is 1.92. The Bertz CT molecular complexity index is 961. The highest BCUT2D eigenvalue weighted by atomic mass is 16.5. The Hall–Kier alpha value is -3.30. The number of esters is 1. The van der Waals surface area contributed by atoms with Crippen molar-refractivity contribution in [3.8, 4) is 5.75 Å². The van der Waals surface area contributed by atoms with Crippen LogP contribution in [0.3, 0.4) is 0 Å². The summed E-state index contributed by atoms with van der Waals surface area (Å²) in [6.07, 6.45) is 7.79. The minimum atomic E-state index is -0.398. The van der Waals surface area contributed by atoms with Gasteiger partial charge in [-0.2, -0.15) is 0 Å². The van der Waals surface area contributed by atoms with Crippen molar-refractivity contribution in [3.05, 3.63) is 23.8 Å². The maximum Gasteiger partial charge on any atom is 0.325 e. The van der Waals surface area contributed by atoms with Gasteiger partial charge in [-0.05, 0) is 50.8 Å². The summed E-state index contributed by atoms with van der Waals surface area (Å²) in [6.45, 7) is 5.29. The van der Waals surface area contributed by atoms with Crippen molar-refractivity contribution in [2.45, 2.75) is 77.8 Å². The second-order valence-electron chi connectivity index (χ2n) is 9.52. The molecule has 1 aromatic carbocycles. The molecule has 1 aliphatic heterocycles. The highest BCUT2D eigenvalue weighted by Gasteiger charge is 2.25. The van der Waals surface area contributed by atoms with Crippen LogP contribution in [0.1, 0.15) is 70.8 Å². The van der Waals surface area contributed by atoms with Gasteiger partial charge in [-0.1, -0.05) is 26.2 Å². The fourth-order valence-electron chi connectivity index (χ4n) is 4.60. The summed E-state index contributed by atoms with van der Waals surface area (Å²) in [4.78, 5) is 45.1. The lowest BCUT2D eigenvalue weighted by molar-refractivity contribution is -0.143. The van der Waals surface area contributed by atoms with E-state index in [1.807, 2.05) is 37.1 Å². The van der Waals surface area contributed by atoms with Crippen LogP contribution in [-0.2, 0) is 20.9 Å². The van der Waals surface area contributed by atoms with Crippen LogP contribution in [0.15, 0.2) is 23.2 Å². The van der Waals surface area contributed by atoms with Crippen molar-refractivity contribution in [1.82, 2.24) is 20.4 Å². The molecular formula is C27H41N5O5. The van der Waals surface area contributed by atoms with Crippen LogP contribution < -0.4 is 15.4 Å². The van der Waals surface area contributed by atoms with Gasteiger partial charge in [0, 0.05) is 38.2 Å². The maximum atomic E-state index is 12.6. The lowest BCUT2D eigenvalue weighted by atomic mass is 9.94. The molecule has 2 N–H and O–H groups in total. The normalized spacial score (nSPS) is 15.3. The Balaban J connectivity index is 1.57. The van der Waals surface area contributed by atoms with Gasteiger partial charge in [-0.3, -0.25) is 14.9 Å². The van der Waals surface area contributed by atoms with E-state index in [0.717, 1.165) is 24.8 Å². The summed E-state index contributed by atoms with van der Waals surface area (Å²) in [5, 5.41) is 5.50. The number of fused-ring (bicyclic) bond motifs is 1. The topological polar surface area (TPSA) is 113 Å². The molecule has 0 radical (unpaired) electrons. The minimum absolute atomic E-state index is 0.0398. The van der Waals surface area contributed by atoms with E-state index >= 15 is 0 Å². The van der Waals surface area contributed by atoms with Gasteiger partial charge < -0.3 is 24.6 Å². The molecule has 10 heteroatoms. The Morgan fingerprint density at radius 2 is 1.95 bits per heavy atom. The van der Waals surface area contributed by atoms with Crippen LogP contribution in [0.4, 0.5) is 10.5 Å². The Morgan fingerprint density at radius 1 is 1.16 bits per heavy atom. The standard InChI is InChI=1S/C27H41N5O5/c1-4-15-28-27(35)30-26-29-23-14-13-22(17-20(23)18-32(26)19-25(34)36-5-2)37-16-9-12-24(33)31(3)21-10-7-6-8-11-21/h13-14,17,21H,4-12,15-16,18-19H2,1-3H3,(H2,28,29,30,35). The van der Waals surface area contributed by atoms with Crippen molar-refractivity contribution in [2.24, 2.45) is 4.99 Å². The van der Waals surface area contributed by atoms with Gasteiger partial charge in [0.2, 0.25) is 11.9 Å². The van der Waals surface area contributed by atoms with Crippen molar-refractivity contribution in [3.63, 3.8) is 0 Å². The zero-order chi connectivity index (χ0) is 26.6.